The first-order valence-corrected chi connectivity index (χ1v) is 8.03. The number of pyridine rings is 1. The van der Waals surface area contributed by atoms with Crippen LogP contribution in [0.3, 0.4) is 0 Å². The van der Waals surface area contributed by atoms with Crippen molar-refractivity contribution in [1.82, 2.24) is 10.3 Å². The third-order valence-electron chi connectivity index (χ3n) is 3.64. The molecular weight excluding hydrogens is 363 g/mol. The number of aryl methyl sites for hydroxylation is 1. The van der Waals surface area contributed by atoms with Crippen LogP contribution in [-0.4, -0.2) is 29.8 Å². The number of urea groups is 1. The summed E-state index contributed by atoms with van der Waals surface area (Å²) in [5.41, 5.74) is -3.27. The minimum absolute atomic E-state index is 0.0421. The van der Waals surface area contributed by atoms with E-state index >= 15 is 0 Å². The number of rotatable bonds is 5. The van der Waals surface area contributed by atoms with Gasteiger partial charge in [0.2, 0.25) is 0 Å². The number of aromatic nitrogens is 1. The minimum Gasteiger partial charge on any atom is -0.464 e. The van der Waals surface area contributed by atoms with E-state index in [1.165, 1.54) is 31.2 Å². The smallest absolute Gasteiger partial charge is 0.426 e. The summed E-state index contributed by atoms with van der Waals surface area (Å²) < 4.78 is 46.8. The number of nitrogens with zero attached hydrogens (tertiary/aromatic N) is 1. The number of carbonyl (C=O) groups is 2. The Morgan fingerprint density at radius 2 is 1.74 bits per heavy atom. The molecule has 0 aliphatic carbocycles. The van der Waals surface area contributed by atoms with Gasteiger partial charge in [0.1, 0.15) is 5.82 Å². The zero-order valence-electron chi connectivity index (χ0n) is 14.6. The van der Waals surface area contributed by atoms with Crippen molar-refractivity contribution in [2.75, 3.05) is 11.9 Å². The fraction of sp³-hybridized carbons (Fsp3) is 0.278. The Balaban J connectivity index is 2.45. The molecule has 0 aliphatic heterocycles. The molecule has 2 rings (SSSR count). The van der Waals surface area contributed by atoms with Gasteiger partial charge in [0.05, 0.1) is 6.61 Å². The number of anilines is 1. The average Bonchev–Trinajstić information content (AvgIpc) is 2.59. The zero-order valence-corrected chi connectivity index (χ0v) is 14.6. The first-order chi connectivity index (χ1) is 12.7. The Bertz CT molecular complexity index is 812. The van der Waals surface area contributed by atoms with Crippen LogP contribution < -0.4 is 10.6 Å². The summed E-state index contributed by atoms with van der Waals surface area (Å²) in [6.45, 7) is 2.75. The SMILES string of the molecule is CCOC(=O)[C@](NC(=O)Nc1cccc(C)n1)(c1ccccc1)C(F)(F)F. The molecule has 0 fully saturated rings. The molecule has 1 atom stereocenters. The highest BCUT2D eigenvalue weighted by Crippen LogP contribution is 2.40. The van der Waals surface area contributed by atoms with Gasteiger partial charge in [-0.1, -0.05) is 36.4 Å². The number of hydrogen-bond acceptors (Lipinski definition) is 4. The number of benzene rings is 1. The molecular formula is C18H18F3N3O3. The van der Waals surface area contributed by atoms with Gasteiger partial charge >= 0.3 is 18.2 Å². The van der Waals surface area contributed by atoms with Crippen molar-refractivity contribution >= 4 is 17.8 Å². The van der Waals surface area contributed by atoms with Crippen LogP contribution in [0.4, 0.5) is 23.8 Å². The summed E-state index contributed by atoms with van der Waals surface area (Å²) in [5, 5.41) is 3.96. The highest BCUT2D eigenvalue weighted by atomic mass is 19.4. The largest absolute Gasteiger partial charge is 0.464 e. The highest BCUT2D eigenvalue weighted by Gasteiger charge is 2.64. The number of esters is 1. The van der Waals surface area contributed by atoms with Gasteiger partial charge in [-0.2, -0.15) is 13.2 Å². The van der Waals surface area contributed by atoms with Crippen LogP contribution in [-0.2, 0) is 15.1 Å². The quantitative estimate of drug-likeness (QED) is 0.777. The van der Waals surface area contributed by atoms with Gasteiger partial charge in [-0.25, -0.2) is 14.6 Å². The van der Waals surface area contributed by atoms with Gasteiger partial charge in [-0.15, -0.1) is 0 Å². The first kappa shape index (κ1) is 20.2. The van der Waals surface area contributed by atoms with Crippen molar-refractivity contribution in [3.8, 4) is 0 Å². The fourth-order valence-electron chi connectivity index (χ4n) is 2.45. The van der Waals surface area contributed by atoms with E-state index in [4.69, 9.17) is 0 Å². The first-order valence-electron chi connectivity index (χ1n) is 8.03. The van der Waals surface area contributed by atoms with Crippen molar-refractivity contribution in [2.24, 2.45) is 0 Å². The standard InChI is InChI=1S/C18H18F3N3O3/c1-3-27-15(25)17(18(19,20)21,13-9-5-4-6-10-13)24-16(26)23-14-11-7-8-12(2)22-14/h4-11H,3H2,1-2H3,(H2,22,23,24,26)/t17-/m1/s1. The van der Waals surface area contributed by atoms with E-state index in [2.05, 4.69) is 15.0 Å². The molecule has 1 aromatic heterocycles. The second-order valence-electron chi connectivity index (χ2n) is 5.58. The van der Waals surface area contributed by atoms with E-state index in [1.807, 2.05) is 0 Å². The number of ether oxygens (including phenoxy) is 1. The number of halogens is 3. The molecule has 0 saturated carbocycles. The maximum Gasteiger partial charge on any atom is 0.426 e. The van der Waals surface area contributed by atoms with E-state index in [0.29, 0.717) is 5.69 Å². The lowest BCUT2D eigenvalue weighted by molar-refractivity contribution is -0.213. The molecule has 0 aliphatic rings. The maximum atomic E-state index is 14.0. The molecule has 0 bridgehead atoms. The van der Waals surface area contributed by atoms with Crippen LogP contribution in [0.2, 0.25) is 0 Å². The normalized spacial score (nSPS) is 13.4. The van der Waals surface area contributed by atoms with Gasteiger partial charge in [0.15, 0.2) is 0 Å². The van der Waals surface area contributed by atoms with Crippen LogP contribution in [0.5, 0.6) is 0 Å². The summed E-state index contributed by atoms with van der Waals surface area (Å²) in [6, 6.07) is 9.74. The molecule has 9 heteroatoms. The molecule has 1 aromatic carbocycles. The van der Waals surface area contributed by atoms with E-state index in [0.717, 1.165) is 12.1 Å². The number of hydrogen-bond donors (Lipinski definition) is 2. The molecule has 0 radical (unpaired) electrons. The van der Waals surface area contributed by atoms with Crippen molar-refractivity contribution < 1.29 is 27.5 Å². The van der Waals surface area contributed by atoms with Crippen molar-refractivity contribution in [1.29, 1.82) is 0 Å². The third-order valence-corrected chi connectivity index (χ3v) is 3.64. The molecule has 2 N–H and O–H groups in total. The molecule has 6 nitrogen and oxygen atoms in total. The summed E-state index contributed by atoms with van der Waals surface area (Å²) in [5.74, 6) is -1.59. The Labute approximate surface area is 153 Å². The minimum atomic E-state index is -5.15. The lowest BCUT2D eigenvalue weighted by atomic mass is 9.89. The average molecular weight is 381 g/mol. The summed E-state index contributed by atoms with van der Waals surface area (Å²) in [6.07, 6.45) is -5.15. The van der Waals surface area contributed by atoms with Crippen LogP contribution in [0.25, 0.3) is 0 Å². The molecule has 1 heterocycles. The maximum absolute atomic E-state index is 14.0. The second kappa shape index (κ2) is 8.07. The van der Waals surface area contributed by atoms with Gasteiger partial charge in [-0.05, 0) is 31.5 Å². The molecule has 0 spiro atoms. The Morgan fingerprint density at radius 3 is 2.30 bits per heavy atom. The van der Waals surface area contributed by atoms with Crippen molar-refractivity contribution in [3.63, 3.8) is 0 Å². The molecule has 0 saturated heterocycles. The predicted molar refractivity (Wildman–Crippen MR) is 91.9 cm³/mol. The van der Waals surface area contributed by atoms with Crippen LogP contribution in [0, 0.1) is 6.92 Å². The number of alkyl halides is 3. The van der Waals surface area contributed by atoms with Gasteiger partial charge in [-0.3, -0.25) is 5.32 Å². The zero-order chi connectivity index (χ0) is 20.1. The van der Waals surface area contributed by atoms with Crippen LogP contribution in [0.1, 0.15) is 18.2 Å². The van der Waals surface area contributed by atoms with Gasteiger partial charge in [0.25, 0.3) is 5.54 Å². The second-order valence-corrected chi connectivity index (χ2v) is 5.58. The van der Waals surface area contributed by atoms with Crippen LogP contribution >= 0.6 is 0 Å². The lowest BCUT2D eigenvalue weighted by Gasteiger charge is -2.34. The predicted octanol–water partition coefficient (Wildman–Crippen LogP) is 3.53. The molecule has 2 amide bonds. The van der Waals surface area contributed by atoms with Gasteiger partial charge in [0, 0.05) is 5.69 Å². The Hall–Kier alpha value is -3.10. The van der Waals surface area contributed by atoms with E-state index in [9.17, 15) is 22.8 Å². The number of amides is 2. The van der Waals surface area contributed by atoms with E-state index in [1.54, 1.807) is 24.4 Å². The Kier molecular flexibility index (Phi) is 6.04. The summed E-state index contributed by atoms with van der Waals surface area (Å²) in [7, 11) is 0. The molecule has 2 aromatic rings. The highest BCUT2D eigenvalue weighted by molar-refractivity contribution is 5.95. The number of carbonyl (C=O) groups excluding carboxylic acids is 2. The van der Waals surface area contributed by atoms with E-state index in [-0.39, 0.29) is 12.4 Å². The third kappa shape index (κ3) is 4.36. The fourth-order valence-corrected chi connectivity index (χ4v) is 2.45. The molecule has 27 heavy (non-hydrogen) atoms. The monoisotopic (exact) mass is 381 g/mol. The summed E-state index contributed by atoms with van der Waals surface area (Å²) in [4.78, 5) is 28.6. The topological polar surface area (TPSA) is 80.3 Å². The van der Waals surface area contributed by atoms with E-state index < -0.39 is 29.3 Å². The lowest BCUT2D eigenvalue weighted by Crippen LogP contribution is -2.62. The Morgan fingerprint density at radius 1 is 1.07 bits per heavy atom. The summed E-state index contributed by atoms with van der Waals surface area (Å²) >= 11 is 0. The van der Waals surface area contributed by atoms with Crippen molar-refractivity contribution in [2.45, 2.75) is 25.6 Å². The van der Waals surface area contributed by atoms with Crippen LogP contribution in [0.15, 0.2) is 48.5 Å². The van der Waals surface area contributed by atoms with Gasteiger partial charge < -0.3 is 10.1 Å². The van der Waals surface area contributed by atoms with Crippen molar-refractivity contribution in [3.05, 3.63) is 59.8 Å². The number of nitrogens with one attached hydrogen (secondary N) is 2. The molecule has 0 unspecified atom stereocenters. The molecule has 144 valence electrons.